The molecule has 3 aromatic rings. The average molecular weight is 332 g/mol. The number of nitrogens with zero attached hydrogens (tertiary/aromatic N) is 3. The topological polar surface area (TPSA) is 67.8 Å². The first-order valence-electron chi connectivity index (χ1n) is 8.24. The fourth-order valence-electron chi connectivity index (χ4n) is 2.57. The Morgan fingerprint density at radius 3 is 2.40 bits per heavy atom. The molecule has 0 bridgehead atoms. The van der Waals surface area contributed by atoms with Crippen molar-refractivity contribution in [3.63, 3.8) is 0 Å². The van der Waals surface area contributed by atoms with E-state index in [0.29, 0.717) is 17.2 Å². The van der Waals surface area contributed by atoms with E-state index < -0.39 is 0 Å². The van der Waals surface area contributed by atoms with Crippen LogP contribution in [0.5, 0.6) is 0 Å². The van der Waals surface area contributed by atoms with Gasteiger partial charge in [-0.15, -0.1) is 0 Å². The number of hydrogen-bond donors (Lipinski definition) is 1. The van der Waals surface area contributed by atoms with E-state index in [1.807, 2.05) is 31.3 Å². The van der Waals surface area contributed by atoms with Gasteiger partial charge in [-0.05, 0) is 44.0 Å². The summed E-state index contributed by atoms with van der Waals surface area (Å²) < 4.78 is 0. The average Bonchev–Trinajstić information content (AvgIpc) is 2.61. The predicted octanol–water partition coefficient (Wildman–Crippen LogP) is 3.97. The van der Waals surface area contributed by atoms with Gasteiger partial charge in [0.25, 0.3) is 5.91 Å². The van der Waals surface area contributed by atoms with Crippen molar-refractivity contribution in [2.24, 2.45) is 0 Å². The van der Waals surface area contributed by atoms with Crippen LogP contribution in [-0.4, -0.2) is 20.9 Å². The van der Waals surface area contributed by atoms with Crippen LogP contribution in [0.3, 0.4) is 0 Å². The normalized spacial score (nSPS) is 10.5. The summed E-state index contributed by atoms with van der Waals surface area (Å²) in [6, 6.07) is 13.2. The molecule has 3 rings (SSSR count). The molecule has 0 spiro atoms. The minimum absolute atomic E-state index is 0.196. The van der Waals surface area contributed by atoms with Gasteiger partial charge in [-0.1, -0.05) is 25.1 Å². The second-order valence-corrected chi connectivity index (χ2v) is 5.88. The third-order valence-electron chi connectivity index (χ3n) is 3.88. The highest BCUT2D eigenvalue weighted by molar-refractivity contribution is 6.04. The third kappa shape index (κ3) is 4.07. The van der Waals surface area contributed by atoms with Crippen LogP contribution in [0.2, 0.25) is 0 Å². The van der Waals surface area contributed by atoms with Crippen molar-refractivity contribution in [1.29, 1.82) is 0 Å². The summed E-state index contributed by atoms with van der Waals surface area (Å²) >= 11 is 0. The van der Waals surface area contributed by atoms with E-state index in [-0.39, 0.29) is 5.91 Å². The van der Waals surface area contributed by atoms with Crippen LogP contribution in [0.1, 0.15) is 34.4 Å². The third-order valence-corrected chi connectivity index (χ3v) is 3.88. The smallest absolute Gasteiger partial charge is 0.256 e. The Labute approximate surface area is 147 Å². The predicted molar refractivity (Wildman–Crippen MR) is 98.5 cm³/mol. The highest BCUT2D eigenvalue weighted by Crippen LogP contribution is 2.18. The van der Waals surface area contributed by atoms with Crippen LogP contribution < -0.4 is 5.32 Å². The molecule has 2 heterocycles. The fourth-order valence-corrected chi connectivity index (χ4v) is 2.57. The molecule has 2 aromatic heterocycles. The molecule has 0 aliphatic rings. The van der Waals surface area contributed by atoms with Crippen molar-refractivity contribution >= 4 is 11.7 Å². The number of nitrogens with one attached hydrogen (secondary N) is 1. The van der Waals surface area contributed by atoms with Crippen molar-refractivity contribution in [3.8, 4) is 11.3 Å². The van der Waals surface area contributed by atoms with E-state index in [1.165, 1.54) is 5.56 Å². The highest BCUT2D eigenvalue weighted by Gasteiger charge is 2.09. The van der Waals surface area contributed by atoms with Crippen LogP contribution in [-0.2, 0) is 6.42 Å². The molecule has 25 heavy (non-hydrogen) atoms. The number of hydrogen-bond acceptors (Lipinski definition) is 4. The lowest BCUT2D eigenvalue weighted by Gasteiger charge is -2.07. The van der Waals surface area contributed by atoms with Crippen molar-refractivity contribution in [2.75, 3.05) is 5.32 Å². The Morgan fingerprint density at radius 2 is 1.80 bits per heavy atom. The molecular weight excluding hydrogens is 312 g/mol. The maximum atomic E-state index is 12.4. The molecule has 1 amide bonds. The first-order valence-corrected chi connectivity index (χ1v) is 8.24. The Kier molecular flexibility index (Phi) is 4.84. The fraction of sp³-hybridized carbons (Fsp3) is 0.200. The van der Waals surface area contributed by atoms with E-state index in [9.17, 15) is 4.79 Å². The maximum Gasteiger partial charge on any atom is 0.256 e. The SMILES string of the molecule is CCc1ccc(-c2ccc(C(=O)Nc3cc(C)nc(C)n3)cc2)nc1. The molecule has 0 saturated heterocycles. The van der Waals surface area contributed by atoms with Crippen molar-refractivity contribution in [2.45, 2.75) is 27.2 Å². The zero-order chi connectivity index (χ0) is 17.8. The molecule has 0 aliphatic carbocycles. The highest BCUT2D eigenvalue weighted by atomic mass is 16.1. The Morgan fingerprint density at radius 1 is 1.04 bits per heavy atom. The molecule has 0 radical (unpaired) electrons. The van der Waals surface area contributed by atoms with Gasteiger partial charge in [0.05, 0.1) is 5.69 Å². The van der Waals surface area contributed by atoms with Crippen molar-refractivity contribution < 1.29 is 4.79 Å². The monoisotopic (exact) mass is 332 g/mol. The first-order chi connectivity index (χ1) is 12.0. The quantitative estimate of drug-likeness (QED) is 0.785. The van der Waals surface area contributed by atoms with Crippen molar-refractivity contribution in [1.82, 2.24) is 15.0 Å². The van der Waals surface area contributed by atoms with Gasteiger partial charge in [-0.3, -0.25) is 9.78 Å². The molecule has 0 atom stereocenters. The Bertz CT molecular complexity index is 866. The molecule has 0 saturated carbocycles. The van der Waals surface area contributed by atoms with E-state index in [0.717, 1.165) is 23.4 Å². The first kappa shape index (κ1) is 16.8. The Balaban J connectivity index is 1.75. The zero-order valence-electron chi connectivity index (χ0n) is 14.6. The number of pyridine rings is 1. The van der Waals surface area contributed by atoms with Crippen LogP contribution in [0.25, 0.3) is 11.3 Å². The van der Waals surface area contributed by atoms with E-state index in [2.05, 4.69) is 33.3 Å². The standard InChI is InChI=1S/C20H20N4O/c1-4-15-5-10-18(21-12-15)16-6-8-17(9-7-16)20(25)24-19-11-13(2)22-14(3)23-19/h5-12H,4H2,1-3H3,(H,22,23,24,25). The minimum atomic E-state index is -0.196. The molecule has 126 valence electrons. The summed E-state index contributed by atoms with van der Waals surface area (Å²) in [4.78, 5) is 25.3. The van der Waals surface area contributed by atoms with Crippen LogP contribution >= 0.6 is 0 Å². The number of rotatable bonds is 4. The molecule has 1 aromatic carbocycles. The largest absolute Gasteiger partial charge is 0.306 e. The van der Waals surface area contributed by atoms with Crippen molar-refractivity contribution in [3.05, 3.63) is 71.3 Å². The zero-order valence-corrected chi connectivity index (χ0v) is 14.6. The van der Waals surface area contributed by atoms with Gasteiger partial charge < -0.3 is 5.32 Å². The maximum absolute atomic E-state index is 12.4. The van der Waals surface area contributed by atoms with Crippen LogP contribution in [0.15, 0.2) is 48.7 Å². The van der Waals surface area contributed by atoms with Gasteiger partial charge in [0.15, 0.2) is 0 Å². The number of anilines is 1. The molecule has 0 aliphatic heterocycles. The van der Waals surface area contributed by atoms with Gasteiger partial charge in [-0.2, -0.15) is 0 Å². The molecule has 5 heteroatoms. The summed E-state index contributed by atoms with van der Waals surface area (Å²) in [7, 11) is 0. The second kappa shape index (κ2) is 7.21. The number of aromatic nitrogens is 3. The molecule has 0 fully saturated rings. The molecule has 1 N–H and O–H groups in total. The van der Waals surface area contributed by atoms with Crippen LogP contribution in [0, 0.1) is 13.8 Å². The van der Waals surface area contributed by atoms with Crippen LogP contribution in [0.4, 0.5) is 5.82 Å². The van der Waals surface area contributed by atoms with Gasteiger partial charge in [-0.25, -0.2) is 9.97 Å². The number of carbonyl (C=O) groups excluding carboxylic acids is 1. The van der Waals surface area contributed by atoms with E-state index in [4.69, 9.17) is 0 Å². The summed E-state index contributed by atoms with van der Waals surface area (Å²) in [5.74, 6) is 0.946. The van der Waals surface area contributed by atoms with Gasteiger partial charge >= 0.3 is 0 Å². The lowest BCUT2D eigenvalue weighted by molar-refractivity contribution is 0.102. The number of benzene rings is 1. The number of amides is 1. The lowest BCUT2D eigenvalue weighted by Crippen LogP contribution is -2.13. The molecular formula is C20H20N4O. The molecule has 5 nitrogen and oxygen atoms in total. The number of carbonyl (C=O) groups is 1. The van der Waals surface area contributed by atoms with E-state index >= 15 is 0 Å². The van der Waals surface area contributed by atoms with Gasteiger partial charge in [0.1, 0.15) is 11.6 Å². The lowest BCUT2D eigenvalue weighted by atomic mass is 10.1. The molecule has 0 unspecified atom stereocenters. The number of aryl methyl sites for hydroxylation is 3. The second-order valence-electron chi connectivity index (χ2n) is 5.88. The summed E-state index contributed by atoms with van der Waals surface area (Å²) in [6.07, 6.45) is 2.85. The summed E-state index contributed by atoms with van der Waals surface area (Å²) in [5.41, 5.74) is 4.47. The van der Waals surface area contributed by atoms with Gasteiger partial charge in [0, 0.05) is 29.1 Å². The van der Waals surface area contributed by atoms with Gasteiger partial charge in [0.2, 0.25) is 0 Å². The Hall–Kier alpha value is -3.08. The summed E-state index contributed by atoms with van der Waals surface area (Å²) in [6.45, 7) is 5.77. The minimum Gasteiger partial charge on any atom is -0.306 e. The summed E-state index contributed by atoms with van der Waals surface area (Å²) in [5, 5.41) is 2.81. The van der Waals surface area contributed by atoms with E-state index in [1.54, 1.807) is 25.1 Å².